The van der Waals surface area contributed by atoms with Crippen LogP contribution in [-0.2, 0) is 20.1 Å². The van der Waals surface area contributed by atoms with Gasteiger partial charge in [-0.2, -0.15) is 0 Å². The Labute approximate surface area is 168 Å². The Bertz CT molecular complexity index is 1170. The first-order valence-corrected chi connectivity index (χ1v) is 9.47. The number of rotatable bonds is 6. The number of aryl methyl sites for hydroxylation is 2. The van der Waals surface area contributed by atoms with Gasteiger partial charge in [0.2, 0.25) is 0 Å². The van der Waals surface area contributed by atoms with Crippen LogP contribution in [-0.4, -0.2) is 32.9 Å². The van der Waals surface area contributed by atoms with Crippen LogP contribution in [0.2, 0.25) is 0 Å². The third kappa shape index (κ3) is 3.24. The second-order valence-corrected chi connectivity index (χ2v) is 6.61. The van der Waals surface area contributed by atoms with E-state index in [1.165, 1.54) is 0 Å². The highest BCUT2D eigenvalue weighted by atomic mass is 32.1. The SMILES string of the molecule is CCn1c(=S)c2c(nc(/C=C/c3ccc(OC)c(OC)c3)n2C)n(CC)c1=O. The molecule has 2 heterocycles. The van der Waals surface area contributed by atoms with Gasteiger partial charge < -0.3 is 14.0 Å². The molecule has 0 saturated heterocycles. The van der Waals surface area contributed by atoms with Gasteiger partial charge in [0, 0.05) is 20.1 Å². The van der Waals surface area contributed by atoms with E-state index in [-0.39, 0.29) is 5.69 Å². The maximum Gasteiger partial charge on any atom is 0.330 e. The van der Waals surface area contributed by atoms with Crippen molar-refractivity contribution in [2.24, 2.45) is 7.05 Å². The van der Waals surface area contributed by atoms with Crippen LogP contribution in [0.3, 0.4) is 0 Å². The Hall–Kier alpha value is -2.87. The van der Waals surface area contributed by atoms with Gasteiger partial charge >= 0.3 is 5.69 Å². The van der Waals surface area contributed by atoms with Crippen LogP contribution >= 0.6 is 12.2 Å². The zero-order chi connectivity index (χ0) is 20.4. The minimum atomic E-state index is -0.129. The van der Waals surface area contributed by atoms with E-state index in [1.807, 2.05) is 55.8 Å². The van der Waals surface area contributed by atoms with Crippen molar-refractivity contribution in [2.45, 2.75) is 26.9 Å². The quantitative estimate of drug-likeness (QED) is 0.593. The predicted molar refractivity (Wildman–Crippen MR) is 114 cm³/mol. The molecule has 8 heteroatoms. The van der Waals surface area contributed by atoms with Crippen molar-refractivity contribution in [3.8, 4) is 11.5 Å². The van der Waals surface area contributed by atoms with Crippen molar-refractivity contribution in [3.63, 3.8) is 0 Å². The van der Waals surface area contributed by atoms with Gasteiger partial charge in [0.15, 0.2) is 17.1 Å². The number of imidazole rings is 1. The highest BCUT2D eigenvalue weighted by Gasteiger charge is 2.15. The largest absolute Gasteiger partial charge is 0.493 e. The van der Waals surface area contributed by atoms with E-state index < -0.39 is 0 Å². The standard InChI is InChI=1S/C20H24N4O3S/c1-6-23-18-17(19(28)24(7-2)20(23)25)22(3)16(21-18)11-9-13-8-10-14(26-4)15(12-13)27-5/h8-12H,6-7H2,1-5H3/b11-9+. The summed E-state index contributed by atoms with van der Waals surface area (Å²) in [5.41, 5.74) is 2.21. The predicted octanol–water partition coefficient (Wildman–Crippen LogP) is 3.49. The summed E-state index contributed by atoms with van der Waals surface area (Å²) in [6.45, 7) is 4.89. The van der Waals surface area contributed by atoms with E-state index in [1.54, 1.807) is 23.4 Å². The molecule has 0 bridgehead atoms. The fourth-order valence-corrected chi connectivity index (χ4v) is 3.65. The van der Waals surface area contributed by atoms with Crippen LogP contribution in [0.15, 0.2) is 23.0 Å². The highest BCUT2D eigenvalue weighted by molar-refractivity contribution is 7.71. The van der Waals surface area contributed by atoms with Crippen molar-refractivity contribution in [2.75, 3.05) is 14.2 Å². The van der Waals surface area contributed by atoms with Gasteiger partial charge in [-0.3, -0.25) is 9.13 Å². The van der Waals surface area contributed by atoms with Crippen LogP contribution in [0.1, 0.15) is 25.2 Å². The summed E-state index contributed by atoms with van der Waals surface area (Å²) in [6.07, 6.45) is 3.84. The Morgan fingerprint density at radius 1 is 1.07 bits per heavy atom. The molecule has 0 aliphatic carbocycles. The van der Waals surface area contributed by atoms with Crippen LogP contribution in [0.5, 0.6) is 11.5 Å². The topological polar surface area (TPSA) is 63.2 Å². The molecule has 0 aliphatic rings. The first kappa shape index (κ1) is 19.9. The first-order valence-electron chi connectivity index (χ1n) is 9.06. The molecular formula is C20H24N4O3S. The smallest absolute Gasteiger partial charge is 0.330 e. The van der Waals surface area contributed by atoms with Crippen molar-refractivity contribution >= 4 is 35.5 Å². The molecule has 148 valence electrons. The number of fused-ring (bicyclic) bond motifs is 1. The van der Waals surface area contributed by atoms with Crippen molar-refractivity contribution < 1.29 is 9.47 Å². The zero-order valence-corrected chi connectivity index (χ0v) is 17.5. The minimum absolute atomic E-state index is 0.129. The molecule has 0 amide bonds. The Balaban J connectivity index is 2.14. The summed E-state index contributed by atoms with van der Waals surface area (Å²) < 4.78 is 16.3. The van der Waals surface area contributed by atoms with Crippen molar-refractivity contribution in [1.82, 2.24) is 18.7 Å². The molecule has 0 saturated carbocycles. The van der Waals surface area contributed by atoms with Crippen molar-refractivity contribution in [3.05, 3.63) is 44.7 Å². The van der Waals surface area contributed by atoms with E-state index in [0.717, 1.165) is 11.1 Å². The summed E-state index contributed by atoms with van der Waals surface area (Å²) in [7, 11) is 5.12. The van der Waals surface area contributed by atoms with Gasteiger partial charge in [0.1, 0.15) is 16.0 Å². The number of aromatic nitrogens is 4. The highest BCUT2D eigenvalue weighted by Crippen LogP contribution is 2.28. The molecule has 0 N–H and O–H groups in total. The lowest BCUT2D eigenvalue weighted by Gasteiger charge is -2.09. The van der Waals surface area contributed by atoms with E-state index >= 15 is 0 Å². The van der Waals surface area contributed by atoms with Gasteiger partial charge in [-0.1, -0.05) is 24.4 Å². The first-order chi connectivity index (χ1) is 13.5. The lowest BCUT2D eigenvalue weighted by molar-refractivity contribution is 0.355. The lowest BCUT2D eigenvalue weighted by Crippen LogP contribution is -2.31. The molecular weight excluding hydrogens is 376 g/mol. The van der Waals surface area contributed by atoms with E-state index in [4.69, 9.17) is 21.7 Å². The number of hydrogen-bond donors (Lipinski definition) is 0. The minimum Gasteiger partial charge on any atom is -0.493 e. The Morgan fingerprint density at radius 2 is 1.75 bits per heavy atom. The molecule has 1 aromatic carbocycles. The zero-order valence-electron chi connectivity index (χ0n) is 16.7. The molecule has 0 fully saturated rings. The number of nitrogens with zero attached hydrogens (tertiary/aromatic N) is 4. The second kappa shape index (κ2) is 8.02. The maximum absolute atomic E-state index is 12.7. The molecule has 0 aliphatic heterocycles. The summed E-state index contributed by atoms with van der Waals surface area (Å²) in [6, 6.07) is 5.68. The Kier molecular flexibility index (Phi) is 5.69. The van der Waals surface area contributed by atoms with Crippen LogP contribution in [0.4, 0.5) is 0 Å². The van der Waals surface area contributed by atoms with E-state index in [0.29, 0.717) is 40.7 Å². The van der Waals surface area contributed by atoms with Crippen molar-refractivity contribution in [1.29, 1.82) is 0 Å². The molecule has 2 aromatic heterocycles. The summed E-state index contributed by atoms with van der Waals surface area (Å²) >= 11 is 5.56. The number of hydrogen-bond acceptors (Lipinski definition) is 5. The number of benzene rings is 1. The lowest BCUT2D eigenvalue weighted by atomic mass is 10.2. The maximum atomic E-state index is 12.7. The molecule has 0 atom stereocenters. The second-order valence-electron chi connectivity index (χ2n) is 6.23. The third-order valence-electron chi connectivity index (χ3n) is 4.74. The molecule has 0 spiro atoms. The average molecular weight is 401 g/mol. The monoisotopic (exact) mass is 400 g/mol. The Morgan fingerprint density at radius 3 is 2.36 bits per heavy atom. The molecule has 3 aromatic rings. The summed E-state index contributed by atoms with van der Waals surface area (Å²) in [5, 5.41) is 0. The van der Waals surface area contributed by atoms with Gasteiger partial charge in [-0.05, 0) is 37.6 Å². The summed E-state index contributed by atoms with van der Waals surface area (Å²) in [5.74, 6) is 2.05. The number of methoxy groups -OCH3 is 2. The summed E-state index contributed by atoms with van der Waals surface area (Å²) in [4.78, 5) is 17.3. The molecule has 7 nitrogen and oxygen atoms in total. The molecule has 0 radical (unpaired) electrons. The molecule has 0 unspecified atom stereocenters. The van der Waals surface area contributed by atoms with Crippen LogP contribution < -0.4 is 15.2 Å². The average Bonchev–Trinajstić information content (AvgIpc) is 3.03. The third-order valence-corrected chi connectivity index (χ3v) is 5.16. The molecule has 28 heavy (non-hydrogen) atoms. The number of ether oxygens (including phenoxy) is 2. The van der Waals surface area contributed by atoms with Gasteiger partial charge in [0.25, 0.3) is 0 Å². The van der Waals surface area contributed by atoms with E-state index in [9.17, 15) is 4.79 Å². The van der Waals surface area contributed by atoms with Crippen LogP contribution in [0, 0.1) is 4.64 Å². The van der Waals surface area contributed by atoms with E-state index in [2.05, 4.69) is 4.98 Å². The fraction of sp³-hybridized carbons (Fsp3) is 0.350. The molecule has 3 rings (SSSR count). The van der Waals surface area contributed by atoms with Gasteiger partial charge in [-0.15, -0.1) is 0 Å². The van der Waals surface area contributed by atoms with Crippen LogP contribution in [0.25, 0.3) is 23.3 Å². The fourth-order valence-electron chi connectivity index (χ4n) is 3.22. The van der Waals surface area contributed by atoms with Gasteiger partial charge in [0.05, 0.1) is 14.2 Å². The normalized spacial score (nSPS) is 11.5. The van der Waals surface area contributed by atoms with Gasteiger partial charge in [-0.25, -0.2) is 9.78 Å².